The van der Waals surface area contributed by atoms with Gasteiger partial charge in [-0.05, 0) is 72.7 Å². The maximum atomic E-state index is 12.5. The molecule has 6 heteroatoms. The second-order valence-corrected chi connectivity index (χ2v) is 9.07. The number of aliphatic hydroxyl groups excluding tert-OH is 1. The molecule has 35 heavy (non-hydrogen) atoms. The number of ether oxygens (including phenoxy) is 2. The Morgan fingerprint density at radius 1 is 1.11 bits per heavy atom. The monoisotopic (exact) mass is 478 g/mol. The minimum absolute atomic E-state index is 0.00586. The first-order chi connectivity index (χ1) is 17.2. The number of benzene rings is 2. The zero-order valence-electron chi connectivity index (χ0n) is 20.9. The minimum Gasteiger partial charge on any atom is -0.394 e. The van der Waals surface area contributed by atoms with Crippen LogP contribution in [0.3, 0.4) is 0 Å². The molecule has 188 valence electrons. The van der Waals surface area contributed by atoms with Crippen molar-refractivity contribution in [3.63, 3.8) is 0 Å². The van der Waals surface area contributed by atoms with Crippen LogP contribution in [0.15, 0.2) is 42.0 Å². The number of rotatable bonds is 14. The molecule has 0 bridgehead atoms. The molecule has 3 rings (SSSR count). The fraction of sp³-hybridized carbons (Fsp3) is 0.517. The van der Waals surface area contributed by atoms with Gasteiger partial charge in [0.1, 0.15) is 6.07 Å². The number of fused-ring (bicyclic) bond motifs is 1. The van der Waals surface area contributed by atoms with Crippen LogP contribution in [0.4, 0.5) is 5.69 Å². The molecule has 1 unspecified atom stereocenters. The molecule has 0 saturated carbocycles. The molecule has 6 nitrogen and oxygen atoms in total. The zero-order chi connectivity index (χ0) is 24.9. The lowest BCUT2D eigenvalue weighted by Crippen LogP contribution is -2.39. The topological polar surface area (TPSA) is 82.8 Å². The Balaban J connectivity index is 1.60. The normalized spacial score (nSPS) is 16.4. The summed E-state index contributed by atoms with van der Waals surface area (Å²) in [7, 11) is 0. The van der Waals surface area contributed by atoms with E-state index in [1.807, 2.05) is 12.1 Å². The SMILES string of the molecule is CCCC1CCCCN1c1ccc2cc(/C=C(\C#N)C(=O)CCCOCCOCCO)ccc2c1. The zero-order valence-corrected chi connectivity index (χ0v) is 20.9. The quantitative estimate of drug-likeness (QED) is 0.226. The number of hydrogen-bond acceptors (Lipinski definition) is 6. The molecule has 0 radical (unpaired) electrons. The summed E-state index contributed by atoms with van der Waals surface area (Å²) in [5, 5.41) is 20.5. The van der Waals surface area contributed by atoms with Crippen LogP contribution in [-0.2, 0) is 14.3 Å². The highest BCUT2D eigenvalue weighted by molar-refractivity contribution is 6.03. The number of anilines is 1. The van der Waals surface area contributed by atoms with Crippen molar-refractivity contribution in [3.05, 3.63) is 47.5 Å². The second kappa shape index (κ2) is 14.6. The summed E-state index contributed by atoms with van der Waals surface area (Å²) in [6, 6.07) is 15.4. The molecule has 1 fully saturated rings. The van der Waals surface area contributed by atoms with Gasteiger partial charge in [-0.1, -0.05) is 31.5 Å². The van der Waals surface area contributed by atoms with E-state index >= 15 is 0 Å². The molecule has 2 aromatic carbocycles. The van der Waals surface area contributed by atoms with Crippen molar-refractivity contribution < 1.29 is 19.4 Å². The van der Waals surface area contributed by atoms with Crippen molar-refractivity contribution >= 4 is 28.3 Å². The molecule has 1 aliphatic heterocycles. The van der Waals surface area contributed by atoms with E-state index in [-0.39, 0.29) is 24.4 Å². The molecule has 1 aliphatic rings. The Bertz CT molecular complexity index is 1030. The average Bonchev–Trinajstić information content (AvgIpc) is 2.89. The molecule has 1 N–H and O–H groups in total. The first-order valence-electron chi connectivity index (χ1n) is 12.9. The summed E-state index contributed by atoms with van der Waals surface area (Å²) in [4.78, 5) is 15.1. The molecular formula is C29H38N2O4. The molecular weight excluding hydrogens is 440 g/mol. The van der Waals surface area contributed by atoms with Crippen LogP contribution in [0, 0.1) is 11.3 Å². The molecule has 0 amide bonds. The minimum atomic E-state index is -0.171. The van der Waals surface area contributed by atoms with Gasteiger partial charge in [-0.3, -0.25) is 4.79 Å². The van der Waals surface area contributed by atoms with Crippen molar-refractivity contribution in [2.45, 2.75) is 57.9 Å². The predicted octanol–water partition coefficient (Wildman–Crippen LogP) is 5.28. The van der Waals surface area contributed by atoms with Gasteiger partial charge in [0.05, 0.1) is 32.0 Å². The van der Waals surface area contributed by atoms with Crippen LogP contribution in [0.5, 0.6) is 0 Å². The number of Topliss-reactive ketones (excluding diaryl/α,β-unsaturated/α-hetero) is 1. The third-order valence-corrected chi connectivity index (χ3v) is 6.46. The lowest BCUT2D eigenvalue weighted by atomic mass is 9.96. The number of ketones is 1. The summed E-state index contributed by atoms with van der Waals surface area (Å²) in [6.07, 6.45) is 8.77. The van der Waals surface area contributed by atoms with Gasteiger partial charge in [-0.25, -0.2) is 0 Å². The van der Waals surface area contributed by atoms with Gasteiger partial charge in [0.25, 0.3) is 0 Å². The summed E-state index contributed by atoms with van der Waals surface area (Å²) >= 11 is 0. The van der Waals surface area contributed by atoms with Gasteiger partial charge in [0.15, 0.2) is 5.78 Å². The number of nitriles is 1. The summed E-state index contributed by atoms with van der Waals surface area (Å²) in [6.45, 7) is 4.94. The maximum absolute atomic E-state index is 12.5. The van der Waals surface area contributed by atoms with E-state index in [1.165, 1.54) is 43.2 Å². The van der Waals surface area contributed by atoms with Gasteiger partial charge < -0.3 is 19.5 Å². The van der Waals surface area contributed by atoms with Gasteiger partial charge in [0.2, 0.25) is 0 Å². The van der Waals surface area contributed by atoms with Crippen molar-refractivity contribution in [3.8, 4) is 6.07 Å². The highest BCUT2D eigenvalue weighted by Gasteiger charge is 2.22. The highest BCUT2D eigenvalue weighted by atomic mass is 16.5. The van der Waals surface area contributed by atoms with E-state index in [2.05, 4.69) is 42.2 Å². The van der Waals surface area contributed by atoms with E-state index in [9.17, 15) is 10.1 Å². The van der Waals surface area contributed by atoms with Crippen molar-refractivity contribution in [2.24, 2.45) is 0 Å². The van der Waals surface area contributed by atoms with Gasteiger partial charge >= 0.3 is 0 Å². The van der Waals surface area contributed by atoms with E-state index in [0.29, 0.717) is 38.9 Å². The molecule has 0 aromatic heterocycles. The number of carbonyl (C=O) groups is 1. The molecule has 1 heterocycles. The second-order valence-electron chi connectivity index (χ2n) is 9.07. The number of nitrogens with zero attached hydrogens (tertiary/aromatic N) is 2. The van der Waals surface area contributed by atoms with E-state index in [0.717, 1.165) is 17.5 Å². The summed E-state index contributed by atoms with van der Waals surface area (Å²) in [5.74, 6) is -0.171. The van der Waals surface area contributed by atoms with E-state index in [4.69, 9.17) is 14.6 Å². The molecule has 1 saturated heterocycles. The Kier molecular flexibility index (Phi) is 11.2. The van der Waals surface area contributed by atoms with Gasteiger partial charge in [-0.2, -0.15) is 5.26 Å². The van der Waals surface area contributed by atoms with Crippen LogP contribution in [0.1, 0.15) is 57.4 Å². The Morgan fingerprint density at radius 3 is 2.66 bits per heavy atom. The Morgan fingerprint density at radius 2 is 1.89 bits per heavy atom. The number of allylic oxidation sites excluding steroid dienone is 1. The lowest BCUT2D eigenvalue weighted by molar-refractivity contribution is -0.115. The number of hydrogen-bond donors (Lipinski definition) is 1. The Hall–Kier alpha value is -2.72. The highest BCUT2D eigenvalue weighted by Crippen LogP contribution is 2.30. The van der Waals surface area contributed by atoms with Crippen LogP contribution < -0.4 is 4.90 Å². The Labute approximate surface area is 209 Å². The summed E-state index contributed by atoms with van der Waals surface area (Å²) < 4.78 is 10.5. The lowest BCUT2D eigenvalue weighted by Gasteiger charge is -2.37. The third kappa shape index (κ3) is 8.17. The molecule has 0 spiro atoms. The maximum Gasteiger partial charge on any atom is 0.173 e. The third-order valence-electron chi connectivity index (χ3n) is 6.46. The van der Waals surface area contributed by atoms with Crippen molar-refractivity contribution in [1.29, 1.82) is 5.26 Å². The van der Waals surface area contributed by atoms with Crippen LogP contribution in [0.2, 0.25) is 0 Å². The predicted molar refractivity (Wildman–Crippen MR) is 140 cm³/mol. The van der Waals surface area contributed by atoms with Crippen molar-refractivity contribution in [2.75, 3.05) is 44.5 Å². The smallest absolute Gasteiger partial charge is 0.173 e. The number of carbonyl (C=O) groups excluding carboxylic acids is 1. The first-order valence-corrected chi connectivity index (χ1v) is 12.9. The van der Waals surface area contributed by atoms with E-state index < -0.39 is 0 Å². The standard InChI is InChI=1S/C29H38N2O4/c1-2-6-27-7-3-4-13-31(27)28-12-11-24-19-23(9-10-25(24)21-28)20-26(22-30)29(33)8-5-15-34-17-18-35-16-14-32/h9-12,19-21,27,32H,2-8,13-18H2,1H3/b26-20+. The van der Waals surface area contributed by atoms with E-state index in [1.54, 1.807) is 6.08 Å². The molecule has 1 atom stereocenters. The van der Waals surface area contributed by atoms with Crippen molar-refractivity contribution in [1.82, 2.24) is 0 Å². The fourth-order valence-corrected chi connectivity index (χ4v) is 4.69. The van der Waals surface area contributed by atoms with Crippen LogP contribution >= 0.6 is 0 Å². The van der Waals surface area contributed by atoms with Gasteiger partial charge in [-0.15, -0.1) is 0 Å². The fourth-order valence-electron chi connectivity index (χ4n) is 4.69. The summed E-state index contributed by atoms with van der Waals surface area (Å²) in [5.41, 5.74) is 2.31. The van der Waals surface area contributed by atoms with Crippen LogP contribution in [-0.4, -0.2) is 56.5 Å². The number of piperidine rings is 1. The average molecular weight is 479 g/mol. The molecule has 2 aromatic rings. The largest absolute Gasteiger partial charge is 0.394 e. The number of aliphatic hydroxyl groups is 1. The van der Waals surface area contributed by atoms with Gasteiger partial charge in [0, 0.05) is 31.3 Å². The first kappa shape index (κ1) is 26.9. The van der Waals surface area contributed by atoms with Crippen LogP contribution in [0.25, 0.3) is 16.8 Å². The molecule has 0 aliphatic carbocycles.